The molecule has 25 heavy (non-hydrogen) atoms. The quantitative estimate of drug-likeness (QED) is 0.742. The largest absolute Gasteiger partial charge is 0.457 e. The van der Waals surface area contributed by atoms with Crippen LogP contribution in [0, 0.1) is 0 Å². The van der Waals surface area contributed by atoms with Crippen LogP contribution in [0.25, 0.3) is 0 Å². The Morgan fingerprint density at radius 1 is 0.960 bits per heavy atom. The minimum Gasteiger partial charge on any atom is -0.457 e. The summed E-state index contributed by atoms with van der Waals surface area (Å²) >= 11 is 3.38. The number of nitrogens with one attached hydrogen (secondary N) is 2. The Morgan fingerprint density at radius 3 is 2.04 bits per heavy atom. The molecule has 0 spiro atoms. The van der Waals surface area contributed by atoms with E-state index < -0.39 is 0 Å². The second kappa shape index (κ2) is 9.19. The fourth-order valence-corrected chi connectivity index (χ4v) is 2.34. The summed E-state index contributed by atoms with van der Waals surface area (Å²) in [6.45, 7) is 0.300. The van der Waals surface area contributed by atoms with Gasteiger partial charge in [0.2, 0.25) is 11.8 Å². The number of hydrogen-bond acceptors (Lipinski definition) is 4. The van der Waals surface area contributed by atoms with Crippen molar-refractivity contribution >= 4 is 33.4 Å². The van der Waals surface area contributed by atoms with Crippen molar-refractivity contribution in [1.82, 2.24) is 10.2 Å². The fraction of sp³-hybridized carbons (Fsp3) is 0.222. The zero-order valence-corrected chi connectivity index (χ0v) is 15.7. The van der Waals surface area contributed by atoms with Gasteiger partial charge in [-0.15, -0.1) is 0 Å². The maximum atomic E-state index is 12.0. The summed E-state index contributed by atoms with van der Waals surface area (Å²) in [6, 6.07) is 14.6. The first-order chi connectivity index (χ1) is 12.0. The van der Waals surface area contributed by atoms with Crippen LogP contribution in [-0.4, -0.2) is 43.9 Å². The minimum absolute atomic E-state index is 0.130. The van der Waals surface area contributed by atoms with Crippen LogP contribution in [0.5, 0.6) is 11.5 Å². The Labute approximate surface area is 155 Å². The standard InChI is InChI=1S/C18H20BrN3O3/c1-20-17(23)11-22(2)12-18(24)21-14-5-9-16(10-6-14)25-15-7-3-13(19)4-8-15/h3-10H,11-12H2,1-2H3,(H,20,23)(H,21,24). The SMILES string of the molecule is CNC(=O)CN(C)CC(=O)Nc1ccc(Oc2ccc(Br)cc2)cc1. The zero-order chi connectivity index (χ0) is 18.2. The van der Waals surface area contributed by atoms with Gasteiger partial charge in [0.05, 0.1) is 13.1 Å². The maximum Gasteiger partial charge on any atom is 0.238 e. The molecule has 0 aliphatic carbocycles. The number of carbonyl (C=O) groups excluding carboxylic acids is 2. The van der Waals surface area contributed by atoms with E-state index in [0.717, 1.165) is 10.2 Å². The van der Waals surface area contributed by atoms with Gasteiger partial charge in [0.25, 0.3) is 0 Å². The predicted molar refractivity (Wildman–Crippen MR) is 101 cm³/mol. The van der Waals surface area contributed by atoms with E-state index in [2.05, 4.69) is 26.6 Å². The van der Waals surface area contributed by atoms with Crippen molar-refractivity contribution in [3.05, 3.63) is 53.0 Å². The number of likely N-dealkylation sites (N-methyl/N-ethyl adjacent to an activating group) is 2. The predicted octanol–water partition coefficient (Wildman–Crippen LogP) is 2.86. The van der Waals surface area contributed by atoms with Crippen molar-refractivity contribution in [3.8, 4) is 11.5 Å². The van der Waals surface area contributed by atoms with Crippen LogP contribution >= 0.6 is 15.9 Å². The summed E-state index contributed by atoms with van der Waals surface area (Å²) in [5.41, 5.74) is 0.668. The van der Waals surface area contributed by atoms with E-state index in [-0.39, 0.29) is 24.9 Å². The van der Waals surface area contributed by atoms with Crippen molar-refractivity contribution in [3.63, 3.8) is 0 Å². The molecule has 0 atom stereocenters. The molecule has 2 amide bonds. The van der Waals surface area contributed by atoms with Gasteiger partial charge in [-0.3, -0.25) is 14.5 Å². The third-order valence-electron chi connectivity index (χ3n) is 3.29. The molecule has 2 rings (SSSR count). The molecule has 0 saturated carbocycles. The average molecular weight is 406 g/mol. The average Bonchev–Trinajstić information content (AvgIpc) is 2.58. The van der Waals surface area contributed by atoms with Crippen LogP contribution < -0.4 is 15.4 Å². The van der Waals surface area contributed by atoms with Crippen LogP contribution in [0.1, 0.15) is 0 Å². The fourth-order valence-electron chi connectivity index (χ4n) is 2.07. The number of rotatable bonds is 7. The second-order valence-electron chi connectivity index (χ2n) is 5.47. The summed E-state index contributed by atoms with van der Waals surface area (Å²) in [5, 5.41) is 5.31. The lowest BCUT2D eigenvalue weighted by atomic mass is 10.3. The minimum atomic E-state index is -0.187. The number of anilines is 1. The summed E-state index contributed by atoms with van der Waals surface area (Å²) in [5.74, 6) is 1.09. The molecule has 0 heterocycles. The van der Waals surface area contributed by atoms with Gasteiger partial charge < -0.3 is 15.4 Å². The Morgan fingerprint density at radius 2 is 1.48 bits per heavy atom. The van der Waals surface area contributed by atoms with Crippen molar-refractivity contribution in [1.29, 1.82) is 0 Å². The molecule has 2 aromatic carbocycles. The highest BCUT2D eigenvalue weighted by Gasteiger charge is 2.10. The highest BCUT2D eigenvalue weighted by Crippen LogP contribution is 2.24. The molecule has 132 valence electrons. The normalized spacial score (nSPS) is 10.4. The lowest BCUT2D eigenvalue weighted by Crippen LogP contribution is -2.37. The van der Waals surface area contributed by atoms with E-state index in [1.165, 1.54) is 0 Å². The number of benzene rings is 2. The summed E-state index contributed by atoms with van der Waals surface area (Å²) < 4.78 is 6.71. The molecule has 0 fully saturated rings. The molecular formula is C18H20BrN3O3. The lowest BCUT2D eigenvalue weighted by molar-refractivity contribution is -0.122. The summed E-state index contributed by atoms with van der Waals surface area (Å²) in [7, 11) is 3.28. The van der Waals surface area contributed by atoms with Crippen LogP contribution in [0.15, 0.2) is 53.0 Å². The van der Waals surface area contributed by atoms with E-state index in [4.69, 9.17) is 4.74 Å². The van der Waals surface area contributed by atoms with E-state index in [1.807, 2.05) is 24.3 Å². The number of hydrogen-bond donors (Lipinski definition) is 2. The molecule has 0 unspecified atom stereocenters. The first-order valence-corrected chi connectivity index (χ1v) is 8.48. The third-order valence-corrected chi connectivity index (χ3v) is 3.82. The number of nitrogens with zero attached hydrogens (tertiary/aromatic N) is 1. The number of ether oxygens (including phenoxy) is 1. The molecule has 2 N–H and O–H groups in total. The van der Waals surface area contributed by atoms with Crippen LogP contribution in [0.4, 0.5) is 5.69 Å². The molecule has 2 aromatic rings. The lowest BCUT2D eigenvalue weighted by Gasteiger charge is -2.15. The molecular weight excluding hydrogens is 386 g/mol. The third kappa shape index (κ3) is 6.56. The summed E-state index contributed by atoms with van der Waals surface area (Å²) in [4.78, 5) is 24.9. The van der Waals surface area contributed by atoms with Gasteiger partial charge in [-0.05, 0) is 55.6 Å². The molecule has 7 heteroatoms. The number of carbonyl (C=O) groups is 2. The highest BCUT2D eigenvalue weighted by atomic mass is 79.9. The van der Waals surface area contributed by atoms with Gasteiger partial charge in [0.15, 0.2) is 0 Å². The van der Waals surface area contributed by atoms with Crippen molar-refractivity contribution in [2.45, 2.75) is 0 Å². The smallest absolute Gasteiger partial charge is 0.238 e. The van der Waals surface area contributed by atoms with E-state index in [9.17, 15) is 9.59 Å². The highest BCUT2D eigenvalue weighted by molar-refractivity contribution is 9.10. The van der Waals surface area contributed by atoms with Gasteiger partial charge in [0, 0.05) is 17.2 Å². The van der Waals surface area contributed by atoms with Crippen LogP contribution in [-0.2, 0) is 9.59 Å². The zero-order valence-electron chi connectivity index (χ0n) is 14.1. The molecule has 0 aromatic heterocycles. The van der Waals surface area contributed by atoms with Gasteiger partial charge in [0.1, 0.15) is 11.5 Å². The van der Waals surface area contributed by atoms with E-state index in [1.54, 1.807) is 43.3 Å². The van der Waals surface area contributed by atoms with Gasteiger partial charge >= 0.3 is 0 Å². The van der Waals surface area contributed by atoms with Crippen LogP contribution in [0.2, 0.25) is 0 Å². The molecule has 0 saturated heterocycles. The Hall–Kier alpha value is -2.38. The van der Waals surface area contributed by atoms with E-state index >= 15 is 0 Å². The first-order valence-electron chi connectivity index (χ1n) is 7.68. The molecule has 6 nitrogen and oxygen atoms in total. The molecule has 0 bridgehead atoms. The Bertz CT molecular complexity index is 717. The molecule has 0 aliphatic rings. The molecule has 0 aliphatic heterocycles. The van der Waals surface area contributed by atoms with Gasteiger partial charge in [-0.1, -0.05) is 15.9 Å². The van der Waals surface area contributed by atoms with Crippen molar-refractivity contribution < 1.29 is 14.3 Å². The van der Waals surface area contributed by atoms with Crippen molar-refractivity contribution in [2.75, 3.05) is 32.5 Å². The second-order valence-corrected chi connectivity index (χ2v) is 6.39. The first kappa shape index (κ1) is 19.0. The summed E-state index contributed by atoms with van der Waals surface area (Å²) in [6.07, 6.45) is 0. The van der Waals surface area contributed by atoms with Gasteiger partial charge in [-0.2, -0.15) is 0 Å². The maximum absolute atomic E-state index is 12.0. The Kier molecular flexibility index (Phi) is 6.97. The monoisotopic (exact) mass is 405 g/mol. The van der Waals surface area contributed by atoms with E-state index in [0.29, 0.717) is 11.4 Å². The van der Waals surface area contributed by atoms with Crippen molar-refractivity contribution in [2.24, 2.45) is 0 Å². The number of amides is 2. The topological polar surface area (TPSA) is 70.7 Å². The molecule has 0 radical (unpaired) electrons. The van der Waals surface area contributed by atoms with Gasteiger partial charge in [-0.25, -0.2) is 0 Å². The van der Waals surface area contributed by atoms with Crippen LogP contribution in [0.3, 0.4) is 0 Å². The Balaban J connectivity index is 1.86. The number of halogens is 1.